The number of anilines is 1. The summed E-state index contributed by atoms with van der Waals surface area (Å²) in [7, 11) is 3.04. The maximum absolute atomic E-state index is 9.36. The molecule has 0 saturated heterocycles. The van der Waals surface area contributed by atoms with Crippen LogP contribution in [0.1, 0.15) is 10.8 Å². The number of ether oxygens (including phenoxy) is 1. The van der Waals surface area contributed by atoms with E-state index in [1.54, 1.807) is 35.7 Å². The summed E-state index contributed by atoms with van der Waals surface area (Å²) in [5, 5.41) is 13.2. The van der Waals surface area contributed by atoms with E-state index in [0.29, 0.717) is 17.2 Å². The maximum atomic E-state index is 9.36. The van der Waals surface area contributed by atoms with Crippen molar-refractivity contribution in [2.75, 3.05) is 25.6 Å². The standard InChI is InChI=1S/C16H16IN3O4S2/c1-18-16-19-7-12(25-16)3-5-15-20-13-4-2-10(6-14(13)24-15)23-11(8-21)9-22-26-17/h2-7,11,21H,8-9H2,1H3,(H,18,19)/b5-3+. The number of benzene rings is 1. The third-order valence-corrected chi connectivity index (χ3v) is 5.28. The van der Waals surface area contributed by atoms with Crippen LogP contribution >= 0.6 is 41.8 Å². The average molecular weight is 505 g/mol. The first-order valence-electron chi connectivity index (χ1n) is 7.62. The van der Waals surface area contributed by atoms with Crippen LogP contribution in [0.2, 0.25) is 0 Å². The fourth-order valence-corrected chi connectivity index (χ4v) is 3.43. The highest BCUT2D eigenvalue weighted by Crippen LogP contribution is 2.25. The molecule has 2 aromatic heterocycles. The smallest absolute Gasteiger partial charge is 0.220 e. The minimum absolute atomic E-state index is 0.136. The fraction of sp³-hybridized carbons (Fsp3) is 0.250. The molecule has 1 aromatic carbocycles. The Labute approximate surface area is 170 Å². The van der Waals surface area contributed by atoms with Crippen LogP contribution in [0.15, 0.2) is 28.8 Å². The summed E-state index contributed by atoms with van der Waals surface area (Å²) in [5.41, 5.74) is 1.35. The van der Waals surface area contributed by atoms with Crippen LogP contribution in [0.25, 0.3) is 23.3 Å². The number of nitrogens with zero attached hydrogens (tertiary/aromatic N) is 2. The minimum atomic E-state index is -0.440. The highest BCUT2D eigenvalue weighted by atomic mass is 127. The van der Waals surface area contributed by atoms with Gasteiger partial charge in [0.1, 0.15) is 24.0 Å². The number of aliphatic hydroxyl groups excluding tert-OH is 1. The number of hydrogen-bond acceptors (Lipinski definition) is 9. The van der Waals surface area contributed by atoms with Gasteiger partial charge in [-0.15, -0.1) is 0 Å². The largest absolute Gasteiger partial charge is 0.485 e. The van der Waals surface area contributed by atoms with E-state index >= 15 is 0 Å². The molecule has 7 nitrogen and oxygen atoms in total. The van der Waals surface area contributed by atoms with Crippen LogP contribution in [0.3, 0.4) is 0 Å². The van der Waals surface area contributed by atoms with Crippen LogP contribution in [0, 0.1) is 0 Å². The van der Waals surface area contributed by atoms with E-state index in [0.717, 1.165) is 15.5 Å². The van der Waals surface area contributed by atoms with Gasteiger partial charge in [-0.05, 0) is 18.2 Å². The molecule has 26 heavy (non-hydrogen) atoms. The van der Waals surface area contributed by atoms with Crippen molar-refractivity contribution in [3.8, 4) is 5.75 Å². The Balaban J connectivity index is 1.72. The lowest BCUT2D eigenvalue weighted by Gasteiger charge is -2.15. The number of halogens is 1. The molecule has 0 saturated carbocycles. The normalized spacial score (nSPS) is 12.7. The van der Waals surface area contributed by atoms with Gasteiger partial charge < -0.3 is 23.8 Å². The Bertz CT molecular complexity index is 883. The van der Waals surface area contributed by atoms with Gasteiger partial charge in [-0.25, -0.2) is 9.97 Å². The Hall–Kier alpha value is -1.34. The molecule has 0 amide bonds. The van der Waals surface area contributed by atoms with Crippen LogP contribution in [0.5, 0.6) is 5.75 Å². The molecule has 0 radical (unpaired) electrons. The number of thiazole rings is 1. The van der Waals surface area contributed by atoms with E-state index in [1.165, 1.54) is 9.21 Å². The summed E-state index contributed by atoms with van der Waals surface area (Å²) in [6.07, 6.45) is 5.05. The lowest BCUT2D eigenvalue weighted by Crippen LogP contribution is -2.25. The average Bonchev–Trinajstić information content (AvgIpc) is 3.29. The maximum Gasteiger partial charge on any atom is 0.220 e. The summed E-state index contributed by atoms with van der Waals surface area (Å²) >= 11 is 3.56. The van der Waals surface area contributed by atoms with Gasteiger partial charge in [-0.2, -0.15) is 0 Å². The van der Waals surface area contributed by atoms with Crippen molar-refractivity contribution in [2.45, 2.75) is 6.10 Å². The van der Waals surface area contributed by atoms with Crippen LogP contribution < -0.4 is 10.1 Å². The lowest BCUT2D eigenvalue weighted by atomic mass is 10.3. The number of rotatable bonds is 9. The molecule has 0 fully saturated rings. The van der Waals surface area contributed by atoms with Gasteiger partial charge in [0.15, 0.2) is 10.7 Å². The van der Waals surface area contributed by atoms with Gasteiger partial charge in [0.05, 0.1) is 15.8 Å². The molecule has 0 aliphatic carbocycles. The molecule has 10 heteroatoms. The second-order valence-electron chi connectivity index (χ2n) is 5.10. The summed E-state index contributed by atoms with van der Waals surface area (Å²) in [4.78, 5) is 9.64. The zero-order valence-corrected chi connectivity index (χ0v) is 17.5. The van der Waals surface area contributed by atoms with Crippen molar-refractivity contribution in [2.24, 2.45) is 0 Å². The second-order valence-corrected chi connectivity index (χ2v) is 7.61. The molecular formula is C16H16IN3O4S2. The molecule has 1 unspecified atom stereocenters. The second kappa shape index (κ2) is 9.55. The van der Waals surface area contributed by atoms with Crippen LogP contribution in [0.4, 0.5) is 5.13 Å². The summed E-state index contributed by atoms with van der Waals surface area (Å²) in [5.74, 6) is 1.09. The first-order chi connectivity index (χ1) is 12.7. The Morgan fingerprint density at radius 1 is 1.46 bits per heavy atom. The molecule has 3 aromatic rings. The van der Waals surface area contributed by atoms with Crippen molar-refractivity contribution in [3.05, 3.63) is 35.2 Å². The minimum Gasteiger partial charge on any atom is -0.485 e. The third-order valence-electron chi connectivity index (χ3n) is 3.31. The highest BCUT2D eigenvalue weighted by molar-refractivity contribution is 14.2. The van der Waals surface area contributed by atoms with Crippen molar-refractivity contribution < 1.29 is 18.4 Å². The van der Waals surface area contributed by atoms with Crippen molar-refractivity contribution >= 4 is 70.1 Å². The first kappa shape index (κ1) is 19.4. The molecule has 3 rings (SSSR count). The molecule has 0 spiro atoms. The molecule has 0 aliphatic heterocycles. The van der Waals surface area contributed by atoms with Crippen LogP contribution in [-0.2, 0) is 4.18 Å². The molecule has 2 heterocycles. The van der Waals surface area contributed by atoms with Gasteiger partial charge in [-0.1, -0.05) is 11.3 Å². The quantitative estimate of drug-likeness (QED) is 0.330. The summed E-state index contributed by atoms with van der Waals surface area (Å²) < 4.78 is 16.7. The number of aromatic nitrogens is 2. The number of hydrogen-bond donors (Lipinski definition) is 2. The molecule has 0 bridgehead atoms. The highest BCUT2D eigenvalue weighted by Gasteiger charge is 2.12. The van der Waals surface area contributed by atoms with Gasteiger partial charge in [0.2, 0.25) is 5.89 Å². The van der Waals surface area contributed by atoms with E-state index < -0.39 is 6.10 Å². The number of oxazole rings is 1. The van der Waals surface area contributed by atoms with Gasteiger partial charge >= 0.3 is 0 Å². The van der Waals surface area contributed by atoms with Crippen molar-refractivity contribution in [1.82, 2.24) is 9.97 Å². The van der Waals surface area contributed by atoms with E-state index in [1.807, 2.05) is 40.4 Å². The molecule has 2 N–H and O–H groups in total. The SMILES string of the molecule is CNc1ncc(/C=C/c2nc3ccc(OC(CO)COSI)cc3o2)s1. The summed E-state index contributed by atoms with van der Waals surface area (Å²) in [6.45, 7) is 0.152. The van der Waals surface area contributed by atoms with Crippen molar-refractivity contribution in [1.29, 1.82) is 0 Å². The van der Waals surface area contributed by atoms with E-state index in [4.69, 9.17) is 13.3 Å². The summed E-state index contributed by atoms with van der Waals surface area (Å²) in [6, 6.07) is 5.37. The number of nitrogens with one attached hydrogen (secondary N) is 1. The zero-order chi connectivity index (χ0) is 18.4. The van der Waals surface area contributed by atoms with E-state index in [2.05, 4.69) is 15.3 Å². The predicted molar refractivity (Wildman–Crippen MR) is 114 cm³/mol. The Morgan fingerprint density at radius 2 is 2.35 bits per heavy atom. The topological polar surface area (TPSA) is 89.6 Å². The molecular weight excluding hydrogens is 489 g/mol. The van der Waals surface area contributed by atoms with E-state index in [9.17, 15) is 5.11 Å². The Kier molecular flexibility index (Phi) is 7.14. The number of aliphatic hydroxyl groups is 1. The lowest BCUT2D eigenvalue weighted by molar-refractivity contribution is 0.0799. The van der Waals surface area contributed by atoms with E-state index in [-0.39, 0.29) is 13.2 Å². The Morgan fingerprint density at radius 3 is 3.08 bits per heavy atom. The van der Waals surface area contributed by atoms with Crippen LogP contribution in [-0.4, -0.2) is 41.4 Å². The molecule has 0 aliphatic rings. The number of fused-ring (bicyclic) bond motifs is 1. The van der Waals surface area contributed by atoms with Gasteiger partial charge in [0.25, 0.3) is 0 Å². The molecule has 1 atom stereocenters. The third kappa shape index (κ3) is 5.10. The molecule has 138 valence electrons. The zero-order valence-electron chi connectivity index (χ0n) is 13.7. The monoisotopic (exact) mass is 505 g/mol. The van der Waals surface area contributed by atoms with Gasteiger partial charge in [-0.3, -0.25) is 0 Å². The predicted octanol–water partition coefficient (Wildman–Crippen LogP) is 4.25. The first-order valence-corrected chi connectivity index (χ1v) is 11.7. The van der Waals surface area contributed by atoms with Crippen molar-refractivity contribution in [3.63, 3.8) is 0 Å². The fourth-order valence-electron chi connectivity index (χ4n) is 2.12. The van der Waals surface area contributed by atoms with Gasteiger partial charge in [0, 0.05) is 51.5 Å².